The molecule has 0 fully saturated rings. The van der Waals surface area contributed by atoms with Crippen LogP contribution in [0.5, 0.6) is 11.6 Å². The Morgan fingerprint density at radius 2 is 2.00 bits per heavy atom. The largest absolute Gasteiger partial charge is 0.507 e. The minimum Gasteiger partial charge on any atom is -0.507 e. The van der Waals surface area contributed by atoms with Crippen molar-refractivity contribution in [1.82, 2.24) is 25.3 Å². The van der Waals surface area contributed by atoms with Crippen molar-refractivity contribution in [2.24, 2.45) is 0 Å². The summed E-state index contributed by atoms with van der Waals surface area (Å²) in [7, 11) is 1.57. The summed E-state index contributed by atoms with van der Waals surface area (Å²) in [5.74, 6) is 1.24. The van der Waals surface area contributed by atoms with E-state index in [1.165, 1.54) is 0 Å². The molecule has 0 unspecified atom stereocenters. The number of imidazole rings is 1. The number of hydrogen-bond acceptors (Lipinski definition) is 7. The first-order valence-corrected chi connectivity index (χ1v) is 12.4. The first-order valence-electron chi connectivity index (χ1n) is 11.5. The van der Waals surface area contributed by atoms with Crippen molar-refractivity contribution in [2.45, 2.75) is 26.3 Å². The van der Waals surface area contributed by atoms with Gasteiger partial charge in [-0.25, -0.2) is 15.0 Å². The van der Waals surface area contributed by atoms with Crippen LogP contribution in [0.4, 0.5) is 0 Å². The maximum atomic E-state index is 12.8. The van der Waals surface area contributed by atoms with Gasteiger partial charge in [-0.3, -0.25) is 4.79 Å². The van der Waals surface area contributed by atoms with E-state index < -0.39 is 0 Å². The van der Waals surface area contributed by atoms with Crippen LogP contribution in [0.15, 0.2) is 60.1 Å². The van der Waals surface area contributed by atoms with Crippen LogP contribution in [0.25, 0.3) is 33.5 Å². The number of amides is 1. The van der Waals surface area contributed by atoms with Gasteiger partial charge in [-0.1, -0.05) is 19.9 Å². The maximum Gasteiger partial charge on any atom is 0.251 e. The molecule has 0 spiro atoms. The summed E-state index contributed by atoms with van der Waals surface area (Å²) in [6.07, 6.45) is 1.66. The number of phenols is 1. The van der Waals surface area contributed by atoms with Gasteiger partial charge in [-0.15, -0.1) is 11.3 Å². The highest BCUT2D eigenvalue weighted by Gasteiger charge is 2.15. The molecule has 0 aliphatic heterocycles. The molecule has 3 aromatic heterocycles. The highest BCUT2D eigenvalue weighted by Crippen LogP contribution is 2.35. The Labute approximate surface area is 212 Å². The molecule has 8 nitrogen and oxygen atoms in total. The fourth-order valence-electron chi connectivity index (χ4n) is 3.89. The number of carbonyl (C=O) groups excluding carboxylic acids is 1. The monoisotopic (exact) mass is 499 g/mol. The molecule has 0 aliphatic rings. The number of aromatic amines is 1. The second kappa shape index (κ2) is 9.79. The molecule has 182 valence electrons. The second-order valence-corrected chi connectivity index (χ2v) is 9.51. The Hall–Kier alpha value is -4.24. The topological polar surface area (TPSA) is 113 Å². The van der Waals surface area contributed by atoms with Gasteiger partial charge in [0.15, 0.2) is 0 Å². The zero-order valence-corrected chi connectivity index (χ0v) is 20.9. The van der Waals surface area contributed by atoms with Crippen LogP contribution in [-0.2, 0) is 6.54 Å². The van der Waals surface area contributed by atoms with Crippen LogP contribution in [0, 0.1) is 0 Å². The number of hydrogen-bond donors (Lipinski definition) is 3. The first kappa shape index (κ1) is 23.5. The van der Waals surface area contributed by atoms with E-state index in [2.05, 4.69) is 39.1 Å². The number of aromatic nitrogens is 4. The van der Waals surface area contributed by atoms with Crippen molar-refractivity contribution in [1.29, 1.82) is 0 Å². The van der Waals surface area contributed by atoms with Gasteiger partial charge in [-0.2, -0.15) is 0 Å². The molecule has 0 saturated carbocycles. The molecular formula is C27H25N5O3S. The summed E-state index contributed by atoms with van der Waals surface area (Å²) >= 11 is 1.60. The number of fused-ring (bicyclic) bond motifs is 1. The average molecular weight is 500 g/mol. The molecule has 0 atom stereocenters. The van der Waals surface area contributed by atoms with E-state index >= 15 is 0 Å². The summed E-state index contributed by atoms with van der Waals surface area (Å²) in [5, 5.41) is 16.5. The zero-order chi connectivity index (χ0) is 25.2. The minimum absolute atomic E-state index is 0.0858. The van der Waals surface area contributed by atoms with Crippen molar-refractivity contribution in [2.75, 3.05) is 7.11 Å². The number of nitrogens with one attached hydrogen (secondary N) is 2. The fraction of sp³-hybridized carbons (Fsp3) is 0.185. The van der Waals surface area contributed by atoms with Crippen molar-refractivity contribution in [3.8, 4) is 34.1 Å². The maximum absolute atomic E-state index is 12.8. The summed E-state index contributed by atoms with van der Waals surface area (Å²) in [6.45, 7) is 4.56. The number of rotatable bonds is 7. The summed E-state index contributed by atoms with van der Waals surface area (Å²) in [4.78, 5) is 29.5. The number of benzene rings is 2. The predicted molar refractivity (Wildman–Crippen MR) is 140 cm³/mol. The molecule has 5 rings (SSSR count). The third-order valence-corrected chi connectivity index (χ3v) is 6.96. The lowest BCUT2D eigenvalue weighted by Crippen LogP contribution is -2.22. The lowest BCUT2D eigenvalue weighted by molar-refractivity contribution is 0.0950. The molecule has 0 bridgehead atoms. The number of thiazole rings is 1. The number of carbonyl (C=O) groups is 1. The first-order chi connectivity index (χ1) is 17.4. The summed E-state index contributed by atoms with van der Waals surface area (Å²) in [5.41, 5.74) is 4.90. The Morgan fingerprint density at radius 1 is 1.14 bits per heavy atom. The molecule has 0 radical (unpaired) electrons. The second-order valence-electron chi connectivity index (χ2n) is 8.62. The number of aromatic hydroxyl groups is 1. The molecule has 3 heterocycles. The van der Waals surface area contributed by atoms with Crippen LogP contribution >= 0.6 is 11.3 Å². The van der Waals surface area contributed by atoms with Gasteiger partial charge in [0, 0.05) is 28.6 Å². The molecule has 5 aromatic rings. The van der Waals surface area contributed by atoms with Crippen LogP contribution in [-0.4, -0.2) is 38.1 Å². The third-order valence-electron chi connectivity index (χ3n) is 5.76. The molecule has 0 saturated heterocycles. The number of phenolic OH excluding ortho intramolecular Hbond substituents is 1. The van der Waals surface area contributed by atoms with Crippen LogP contribution in [0.1, 0.15) is 40.8 Å². The highest BCUT2D eigenvalue weighted by molar-refractivity contribution is 7.09. The van der Waals surface area contributed by atoms with Crippen LogP contribution < -0.4 is 10.1 Å². The van der Waals surface area contributed by atoms with Crippen molar-refractivity contribution < 1.29 is 14.6 Å². The predicted octanol–water partition coefficient (Wildman–Crippen LogP) is 5.52. The fourth-order valence-corrected chi connectivity index (χ4v) is 4.72. The molecule has 2 aromatic carbocycles. The van der Waals surface area contributed by atoms with Gasteiger partial charge in [0.25, 0.3) is 5.91 Å². The lowest BCUT2D eigenvalue weighted by atomic mass is 10.0. The zero-order valence-electron chi connectivity index (χ0n) is 20.1. The van der Waals surface area contributed by atoms with E-state index in [-0.39, 0.29) is 11.7 Å². The van der Waals surface area contributed by atoms with Gasteiger partial charge in [-0.05, 0) is 48.0 Å². The van der Waals surface area contributed by atoms with Gasteiger partial charge >= 0.3 is 0 Å². The van der Waals surface area contributed by atoms with Crippen molar-refractivity contribution in [3.05, 3.63) is 76.4 Å². The Balaban J connectivity index is 1.40. The number of ether oxygens (including phenoxy) is 1. The minimum atomic E-state index is -0.194. The van der Waals surface area contributed by atoms with Gasteiger partial charge < -0.3 is 20.1 Å². The molecule has 1 amide bonds. The Kier molecular flexibility index (Phi) is 6.39. The third kappa shape index (κ3) is 4.65. The van der Waals surface area contributed by atoms with Gasteiger partial charge in [0.05, 0.1) is 41.0 Å². The van der Waals surface area contributed by atoms with Gasteiger partial charge in [0.2, 0.25) is 5.88 Å². The SMILES string of the molecule is COc1ncccc1-c1ccc(O)c(-c2nc3ccc(C(=O)NCc4csc(C(C)C)n4)cc3[nH]2)c1. The van der Waals surface area contributed by atoms with Crippen LogP contribution in [0.3, 0.4) is 0 Å². The van der Waals surface area contributed by atoms with Crippen molar-refractivity contribution in [3.63, 3.8) is 0 Å². The van der Waals surface area contributed by atoms with E-state index in [9.17, 15) is 9.90 Å². The van der Waals surface area contributed by atoms with E-state index in [4.69, 9.17) is 4.74 Å². The average Bonchev–Trinajstić information content (AvgIpc) is 3.54. The van der Waals surface area contributed by atoms with E-state index in [1.54, 1.807) is 55.0 Å². The highest BCUT2D eigenvalue weighted by atomic mass is 32.1. The number of pyridine rings is 1. The molecule has 3 N–H and O–H groups in total. The van der Waals surface area contributed by atoms with Crippen molar-refractivity contribution >= 4 is 28.3 Å². The smallest absolute Gasteiger partial charge is 0.251 e. The lowest BCUT2D eigenvalue weighted by Gasteiger charge is -2.09. The Morgan fingerprint density at radius 3 is 2.78 bits per heavy atom. The number of methoxy groups -OCH3 is 1. The molecular weight excluding hydrogens is 474 g/mol. The Bertz CT molecular complexity index is 1560. The van der Waals surface area contributed by atoms with E-state index in [0.717, 1.165) is 21.8 Å². The quantitative estimate of drug-likeness (QED) is 0.272. The van der Waals surface area contributed by atoms with E-state index in [0.29, 0.717) is 46.3 Å². The number of H-pyrrole nitrogens is 1. The standard InChI is InChI=1S/C27H25N5O3S/c1-15(2)27-30-18(14-36-27)13-29-25(34)17-6-8-21-22(12-17)32-24(31-21)20-11-16(7-9-23(20)33)19-5-4-10-28-26(19)35-3/h4-12,14-15,33H,13H2,1-3H3,(H,29,34)(H,31,32). The van der Waals surface area contributed by atoms with E-state index in [1.807, 2.05) is 23.6 Å². The summed E-state index contributed by atoms with van der Waals surface area (Å²) in [6, 6.07) is 14.3. The molecule has 0 aliphatic carbocycles. The number of nitrogens with zero attached hydrogens (tertiary/aromatic N) is 3. The van der Waals surface area contributed by atoms with Gasteiger partial charge in [0.1, 0.15) is 11.6 Å². The normalized spacial score (nSPS) is 11.2. The summed E-state index contributed by atoms with van der Waals surface area (Å²) < 4.78 is 5.38. The van der Waals surface area contributed by atoms with Crippen LogP contribution in [0.2, 0.25) is 0 Å². The molecule has 9 heteroatoms. The molecule has 36 heavy (non-hydrogen) atoms.